The van der Waals surface area contributed by atoms with Crippen LogP contribution in [0.1, 0.15) is 119 Å². The molecule has 2 unspecified atom stereocenters. The van der Waals surface area contributed by atoms with Gasteiger partial charge in [0.25, 0.3) is 0 Å². The second kappa shape index (κ2) is 14.3. The van der Waals surface area contributed by atoms with Crippen molar-refractivity contribution in [2.75, 3.05) is 6.61 Å². The maximum Gasteiger partial charge on any atom is 0.416 e. The largest absolute Gasteiger partial charge is 0.482 e. The van der Waals surface area contributed by atoms with Gasteiger partial charge in [0, 0.05) is 11.3 Å². The third kappa shape index (κ3) is 7.83. The lowest BCUT2D eigenvalue weighted by Crippen LogP contribution is -2.11. The van der Waals surface area contributed by atoms with Gasteiger partial charge in [0.2, 0.25) is 5.76 Å². The normalized spacial score (nSPS) is 15.2. The molecule has 0 fully saturated rings. The lowest BCUT2D eigenvalue weighted by molar-refractivity contribution is -0.138. The number of hydrogen-bond donors (Lipinski definition) is 0. The monoisotopic (exact) mass is 534 g/mol. The number of hydrogen-bond acceptors (Lipinski definition) is 4. The molecule has 38 heavy (non-hydrogen) atoms. The predicted octanol–water partition coefficient (Wildman–Crippen LogP) is 7.82. The molecular formula is C30H41F3N2O3. The van der Waals surface area contributed by atoms with Gasteiger partial charge < -0.3 is 4.74 Å². The Morgan fingerprint density at radius 2 is 1.92 bits per heavy atom. The van der Waals surface area contributed by atoms with E-state index in [1.54, 1.807) is 17.7 Å². The molecule has 0 spiro atoms. The molecule has 8 heteroatoms. The summed E-state index contributed by atoms with van der Waals surface area (Å²) in [4.78, 5) is 22.3. The van der Waals surface area contributed by atoms with Crippen molar-refractivity contribution >= 4 is 17.5 Å². The Labute approximate surface area is 224 Å². The van der Waals surface area contributed by atoms with Gasteiger partial charge in [0.1, 0.15) is 5.69 Å². The minimum absolute atomic E-state index is 0.0458. The number of ketones is 1. The summed E-state index contributed by atoms with van der Waals surface area (Å²) in [6.45, 7) is 11.9. The van der Waals surface area contributed by atoms with Gasteiger partial charge in [-0.2, -0.15) is 18.3 Å². The molecule has 2 atom stereocenters. The number of nitrogens with zero attached hydrogens (tertiary/aromatic N) is 2. The zero-order valence-electron chi connectivity index (χ0n) is 23.5. The van der Waals surface area contributed by atoms with E-state index in [4.69, 9.17) is 4.74 Å². The van der Waals surface area contributed by atoms with Crippen LogP contribution in [0.5, 0.6) is 0 Å². The van der Waals surface area contributed by atoms with Crippen molar-refractivity contribution in [3.8, 4) is 0 Å². The van der Waals surface area contributed by atoms with Crippen molar-refractivity contribution in [3.05, 3.63) is 51.8 Å². The van der Waals surface area contributed by atoms with Crippen molar-refractivity contribution in [1.82, 2.24) is 9.78 Å². The first-order valence-electron chi connectivity index (χ1n) is 13.6. The van der Waals surface area contributed by atoms with Crippen LogP contribution in [-0.4, -0.2) is 28.1 Å². The van der Waals surface area contributed by atoms with Gasteiger partial charge in [-0.3, -0.25) is 9.48 Å². The molecule has 210 valence electrons. The zero-order valence-corrected chi connectivity index (χ0v) is 23.5. The summed E-state index contributed by atoms with van der Waals surface area (Å²) in [5.74, 6) is 2.60. The smallest absolute Gasteiger partial charge is 0.416 e. The number of benzene rings is 1. The van der Waals surface area contributed by atoms with Crippen LogP contribution >= 0.6 is 0 Å². The number of carbonyl (C=O) groups excluding carboxylic acids is 2. The predicted molar refractivity (Wildman–Crippen MR) is 144 cm³/mol. The molecule has 0 radical (unpaired) electrons. The zero-order chi connectivity index (χ0) is 28.5. The Kier molecular flexibility index (Phi) is 11.8. The van der Waals surface area contributed by atoms with Crippen LogP contribution in [0.2, 0.25) is 0 Å². The standard InChI is InChI=1S/C16H23F3.C14H18N2O3/c1-4-6-9-13(8-5-2)14-10-7-11-15(12(14)3)16(17,18)19;1-4-19-12(8-17)14-13-9(2)5-6-11(13)16(15-14)7-10(3)18/h7,10-11,13H,4-6,8-9H2,1-3H3;9H,4-7H2,1-3H3. The molecule has 0 amide bonds. The van der Waals surface area contributed by atoms with Crippen LogP contribution in [0.25, 0.3) is 5.76 Å². The van der Waals surface area contributed by atoms with Gasteiger partial charge in [-0.05, 0) is 75.5 Å². The first-order chi connectivity index (χ1) is 18.0. The lowest BCUT2D eigenvalue weighted by atomic mass is 9.85. The Morgan fingerprint density at radius 1 is 1.21 bits per heavy atom. The minimum Gasteiger partial charge on any atom is -0.482 e. The van der Waals surface area contributed by atoms with Crippen LogP contribution in [0, 0.1) is 6.92 Å². The Morgan fingerprint density at radius 3 is 2.47 bits per heavy atom. The van der Waals surface area contributed by atoms with Crippen molar-refractivity contribution in [1.29, 1.82) is 0 Å². The Hall–Kier alpha value is -2.86. The molecule has 1 aromatic carbocycles. The second-order valence-electron chi connectivity index (χ2n) is 10.0. The fraction of sp³-hybridized carbons (Fsp3) is 0.600. The molecule has 0 N–H and O–H groups in total. The number of fused-ring (bicyclic) bond motifs is 1. The Balaban J connectivity index is 0.000000267. The molecule has 1 aliphatic rings. The highest BCUT2D eigenvalue weighted by Crippen LogP contribution is 2.38. The molecule has 0 aliphatic heterocycles. The van der Waals surface area contributed by atoms with Crippen molar-refractivity contribution in [3.63, 3.8) is 0 Å². The number of halogens is 3. The average molecular weight is 535 g/mol. The molecule has 3 rings (SSSR count). The number of unbranched alkanes of at least 4 members (excludes halogenated alkanes) is 1. The van der Waals surface area contributed by atoms with Crippen LogP contribution in [-0.2, 0) is 33.5 Å². The van der Waals surface area contributed by atoms with Crippen LogP contribution in [0.4, 0.5) is 13.2 Å². The summed E-state index contributed by atoms with van der Waals surface area (Å²) in [5.41, 5.74) is 3.44. The van der Waals surface area contributed by atoms with Crippen LogP contribution in [0.15, 0.2) is 18.2 Å². The van der Waals surface area contributed by atoms with Gasteiger partial charge in [0.05, 0.1) is 18.7 Å². The SMILES string of the molecule is CCCCC(CCC)c1cccc(C(F)(F)F)c1C.CCOC(=C=O)c1nn(CC(C)=O)c2c1C(C)CC2. The topological polar surface area (TPSA) is 61.2 Å². The molecular weight excluding hydrogens is 493 g/mol. The number of ether oxygens (including phenoxy) is 1. The molecule has 0 bridgehead atoms. The van der Waals surface area contributed by atoms with Crippen molar-refractivity contribution in [2.24, 2.45) is 0 Å². The highest BCUT2D eigenvalue weighted by atomic mass is 19.4. The van der Waals surface area contributed by atoms with E-state index in [1.807, 2.05) is 18.9 Å². The van der Waals surface area contributed by atoms with E-state index in [2.05, 4.69) is 25.9 Å². The number of rotatable bonds is 11. The second-order valence-corrected chi connectivity index (χ2v) is 10.0. The van der Waals surface area contributed by atoms with Gasteiger partial charge in [0.15, 0.2) is 11.7 Å². The highest BCUT2D eigenvalue weighted by molar-refractivity contribution is 5.83. The van der Waals surface area contributed by atoms with E-state index in [0.717, 1.165) is 61.8 Å². The van der Waals surface area contributed by atoms with E-state index < -0.39 is 11.7 Å². The molecule has 5 nitrogen and oxygen atoms in total. The Bertz CT molecular complexity index is 1130. The van der Waals surface area contributed by atoms with Gasteiger partial charge in [-0.15, -0.1) is 0 Å². The first-order valence-corrected chi connectivity index (χ1v) is 13.6. The van der Waals surface area contributed by atoms with Crippen molar-refractivity contribution in [2.45, 2.75) is 111 Å². The van der Waals surface area contributed by atoms with Crippen LogP contribution < -0.4 is 0 Å². The van der Waals surface area contributed by atoms with Gasteiger partial charge >= 0.3 is 6.18 Å². The number of Topliss-reactive ketones (excluding diaryl/α,β-unsaturated/α-hetero) is 1. The minimum atomic E-state index is -4.25. The molecule has 1 heterocycles. The maximum absolute atomic E-state index is 12.9. The van der Waals surface area contributed by atoms with E-state index in [1.165, 1.54) is 13.0 Å². The van der Waals surface area contributed by atoms with E-state index >= 15 is 0 Å². The first kappa shape index (κ1) is 31.4. The fourth-order valence-electron chi connectivity index (χ4n) is 5.25. The van der Waals surface area contributed by atoms with E-state index in [0.29, 0.717) is 23.8 Å². The molecule has 0 saturated carbocycles. The third-order valence-electron chi connectivity index (χ3n) is 7.04. The maximum atomic E-state index is 12.9. The molecule has 0 saturated heterocycles. The quantitative estimate of drug-likeness (QED) is 0.218. The summed E-state index contributed by atoms with van der Waals surface area (Å²) in [5, 5.41) is 4.38. The van der Waals surface area contributed by atoms with Gasteiger partial charge in [-0.1, -0.05) is 52.2 Å². The summed E-state index contributed by atoms with van der Waals surface area (Å²) in [7, 11) is 0. The van der Waals surface area contributed by atoms with E-state index in [-0.39, 0.29) is 24.0 Å². The third-order valence-corrected chi connectivity index (χ3v) is 7.04. The fourth-order valence-corrected chi connectivity index (χ4v) is 5.25. The molecule has 1 aromatic heterocycles. The summed E-state index contributed by atoms with van der Waals surface area (Å²) >= 11 is 0. The summed E-state index contributed by atoms with van der Waals surface area (Å²) in [6.07, 6.45) is 2.74. The van der Waals surface area contributed by atoms with Crippen LogP contribution in [0.3, 0.4) is 0 Å². The van der Waals surface area contributed by atoms with Gasteiger partial charge in [-0.25, -0.2) is 4.79 Å². The summed E-state index contributed by atoms with van der Waals surface area (Å²) in [6, 6.07) is 4.59. The van der Waals surface area contributed by atoms with Crippen molar-refractivity contribution < 1.29 is 27.5 Å². The van der Waals surface area contributed by atoms with E-state index in [9.17, 15) is 22.8 Å². The number of aromatic nitrogens is 2. The molecule has 2 aromatic rings. The number of carbonyl (C=O) groups is 1. The number of alkyl halides is 3. The summed E-state index contributed by atoms with van der Waals surface area (Å²) < 4.78 is 45.8. The lowest BCUT2D eigenvalue weighted by Gasteiger charge is -2.21. The average Bonchev–Trinajstić information content (AvgIpc) is 3.40. The molecule has 1 aliphatic carbocycles. The highest BCUT2D eigenvalue weighted by Gasteiger charge is 2.33.